The Hall–Kier alpha value is -1.56. The number of hydrogen-bond acceptors (Lipinski definition) is 3. The topological polar surface area (TPSA) is 67.4 Å². The Labute approximate surface area is 152 Å². The number of halogens is 1. The van der Waals surface area contributed by atoms with Crippen molar-refractivity contribution in [2.75, 3.05) is 13.1 Å². The third kappa shape index (κ3) is 6.91. The smallest absolute Gasteiger partial charge is 0.407 e. The monoisotopic (exact) mass is 398 g/mol. The second-order valence-electron chi connectivity index (χ2n) is 7.17. The van der Waals surface area contributed by atoms with Crippen LogP contribution < -0.4 is 10.6 Å². The summed E-state index contributed by atoms with van der Waals surface area (Å²) in [7, 11) is 0. The zero-order valence-electron chi connectivity index (χ0n) is 15.0. The minimum atomic E-state index is -0.612. The number of hydrogen-bond donors (Lipinski definition) is 2. The van der Waals surface area contributed by atoms with Gasteiger partial charge in [0.25, 0.3) is 0 Å². The van der Waals surface area contributed by atoms with Crippen LogP contribution in [0.1, 0.15) is 46.6 Å². The van der Waals surface area contributed by atoms with Crippen molar-refractivity contribution in [3.8, 4) is 0 Å². The van der Waals surface area contributed by atoms with Gasteiger partial charge in [0.05, 0.1) is 5.41 Å². The molecule has 1 aromatic carbocycles. The molecule has 1 aromatic rings. The third-order valence-corrected chi connectivity index (χ3v) is 3.97. The van der Waals surface area contributed by atoms with E-state index in [4.69, 9.17) is 4.74 Å². The summed E-state index contributed by atoms with van der Waals surface area (Å²) >= 11 is 3.39. The number of benzene rings is 1. The maximum absolute atomic E-state index is 12.4. The molecular weight excluding hydrogens is 372 g/mol. The SMILES string of the molecule is CC(C)(C)OC(=O)NCCCNC(=O)C(C)(C)c1ccc(Br)cc1. The summed E-state index contributed by atoms with van der Waals surface area (Å²) in [5.41, 5.74) is -0.165. The highest BCUT2D eigenvalue weighted by molar-refractivity contribution is 9.10. The maximum Gasteiger partial charge on any atom is 0.407 e. The molecular formula is C18H27BrN2O3. The molecule has 2 N–H and O–H groups in total. The third-order valence-electron chi connectivity index (χ3n) is 3.44. The molecule has 1 rings (SSSR count). The first-order chi connectivity index (χ1) is 11.0. The Balaban J connectivity index is 2.35. The van der Waals surface area contributed by atoms with Crippen molar-refractivity contribution in [1.29, 1.82) is 0 Å². The predicted molar refractivity (Wildman–Crippen MR) is 99.0 cm³/mol. The van der Waals surface area contributed by atoms with E-state index >= 15 is 0 Å². The molecule has 0 aliphatic carbocycles. The molecule has 0 bridgehead atoms. The summed E-state index contributed by atoms with van der Waals surface area (Å²) in [5.74, 6) is -0.0397. The molecule has 0 aliphatic heterocycles. The Morgan fingerprint density at radius 1 is 1.00 bits per heavy atom. The number of amides is 2. The van der Waals surface area contributed by atoms with Gasteiger partial charge in [0.15, 0.2) is 0 Å². The van der Waals surface area contributed by atoms with Crippen molar-refractivity contribution in [1.82, 2.24) is 10.6 Å². The predicted octanol–water partition coefficient (Wildman–Crippen LogP) is 3.76. The molecule has 5 nitrogen and oxygen atoms in total. The van der Waals surface area contributed by atoms with Gasteiger partial charge in [-0.25, -0.2) is 4.79 Å². The average Bonchev–Trinajstić information content (AvgIpc) is 2.45. The van der Waals surface area contributed by atoms with Crippen molar-refractivity contribution in [2.45, 2.75) is 52.1 Å². The van der Waals surface area contributed by atoms with Crippen molar-refractivity contribution in [3.05, 3.63) is 34.3 Å². The van der Waals surface area contributed by atoms with E-state index in [9.17, 15) is 9.59 Å². The number of ether oxygens (including phenoxy) is 1. The molecule has 0 atom stereocenters. The summed E-state index contributed by atoms with van der Waals surface area (Å²) in [5, 5.41) is 5.59. The Kier molecular flexibility index (Phi) is 7.27. The first-order valence-corrected chi connectivity index (χ1v) is 8.83. The highest BCUT2D eigenvalue weighted by Crippen LogP contribution is 2.24. The summed E-state index contributed by atoms with van der Waals surface area (Å²) in [4.78, 5) is 23.9. The van der Waals surface area contributed by atoms with E-state index < -0.39 is 17.1 Å². The van der Waals surface area contributed by atoms with Gasteiger partial charge < -0.3 is 15.4 Å². The molecule has 0 fully saturated rings. The Morgan fingerprint density at radius 3 is 2.08 bits per heavy atom. The summed E-state index contributed by atoms with van der Waals surface area (Å²) < 4.78 is 6.13. The first kappa shape index (κ1) is 20.5. The van der Waals surface area contributed by atoms with Crippen molar-refractivity contribution in [2.24, 2.45) is 0 Å². The fourth-order valence-electron chi connectivity index (χ4n) is 2.01. The molecule has 0 saturated carbocycles. The largest absolute Gasteiger partial charge is 0.444 e. The highest BCUT2D eigenvalue weighted by atomic mass is 79.9. The van der Waals surface area contributed by atoms with Gasteiger partial charge in [-0.2, -0.15) is 0 Å². The summed E-state index contributed by atoms with van der Waals surface area (Å²) in [6.07, 6.45) is 0.200. The van der Waals surface area contributed by atoms with Gasteiger partial charge in [0.2, 0.25) is 5.91 Å². The van der Waals surface area contributed by atoms with E-state index in [-0.39, 0.29) is 5.91 Å². The zero-order chi connectivity index (χ0) is 18.4. The fourth-order valence-corrected chi connectivity index (χ4v) is 2.28. The van der Waals surface area contributed by atoms with Crippen LogP contribution in [0.3, 0.4) is 0 Å². The van der Waals surface area contributed by atoms with E-state index in [1.54, 1.807) is 0 Å². The van der Waals surface area contributed by atoms with E-state index in [0.29, 0.717) is 19.5 Å². The lowest BCUT2D eigenvalue weighted by atomic mass is 9.84. The number of rotatable bonds is 6. The number of carbonyl (C=O) groups excluding carboxylic acids is 2. The van der Waals surface area contributed by atoms with E-state index in [1.165, 1.54) is 0 Å². The molecule has 0 aromatic heterocycles. The minimum absolute atomic E-state index is 0.0397. The van der Waals surface area contributed by atoms with Gasteiger partial charge in [-0.1, -0.05) is 28.1 Å². The van der Waals surface area contributed by atoms with Crippen LogP contribution in [-0.2, 0) is 14.9 Å². The summed E-state index contributed by atoms with van der Waals surface area (Å²) in [6.45, 7) is 10.2. The zero-order valence-corrected chi connectivity index (χ0v) is 16.6. The van der Waals surface area contributed by atoms with Gasteiger partial charge in [-0.15, -0.1) is 0 Å². The summed E-state index contributed by atoms with van der Waals surface area (Å²) in [6, 6.07) is 7.73. The lowest BCUT2D eigenvalue weighted by Gasteiger charge is -2.24. The van der Waals surface area contributed by atoms with Crippen molar-refractivity contribution < 1.29 is 14.3 Å². The second kappa shape index (κ2) is 8.51. The highest BCUT2D eigenvalue weighted by Gasteiger charge is 2.29. The van der Waals surface area contributed by atoms with Gasteiger partial charge in [0.1, 0.15) is 5.60 Å². The van der Waals surface area contributed by atoms with Crippen LogP contribution in [-0.4, -0.2) is 30.7 Å². The first-order valence-electron chi connectivity index (χ1n) is 8.03. The van der Waals surface area contributed by atoms with Crippen LogP contribution in [0, 0.1) is 0 Å². The van der Waals surface area contributed by atoms with Crippen molar-refractivity contribution >= 4 is 27.9 Å². The van der Waals surface area contributed by atoms with Crippen LogP contribution in [0.5, 0.6) is 0 Å². The van der Waals surface area contributed by atoms with Crippen LogP contribution in [0.25, 0.3) is 0 Å². The van der Waals surface area contributed by atoms with Crippen LogP contribution in [0.15, 0.2) is 28.7 Å². The molecule has 0 heterocycles. The Morgan fingerprint density at radius 2 is 1.54 bits per heavy atom. The Bertz CT molecular complexity index is 563. The maximum atomic E-state index is 12.4. The molecule has 0 saturated heterocycles. The second-order valence-corrected chi connectivity index (χ2v) is 8.09. The minimum Gasteiger partial charge on any atom is -0.444 e. The van der Waals surface area contributed by atoms with Crippen LogP contribution >= 0.6 is 15.9 Å². The van der Waals surface area contributed by atoms with Gasteiger partial charge in [-0.3, -0.25) is 4.79 Å². The lowest BCUT2D eigenvalue weighted by Crippen LogP contribution is -2.41. The standard InChI is InChI=1S/C18H27BrN2O3/c1-17(2,3)24-16(23)21-12-6-11-20-15(22)18(4,5)13-7-9-14(19)10-8-13/h7-10H,6,11-12H2,1-5H3,(H,20,22)(H,21,23). The van der Waals surface area contributed by atoms with Gasteiger partial charge in [0, 0.05) is 17.6 Å². The van der Waals surface area contributed by atoms with E-state index in [0.717, 1.165) is 10.0 Å². The fraction of sp³-hybridized carbons (Fsp3) is 0.556. The molecule has 0 unspecified atom stereocenters. The van der Waals surface area contributed by atoms with Gasteiger partial charge in [-0.05, 0) is 58.7 Å². The molecule has 134 valence electrons. The molecule has 24 heavy (non-hydrogen) atoms. The number of nitrogens with one attached hydrogen (secondary N) is 2. The van der Waals surface area contributed by atoms with Crippen LogP contribution in [0.4, 0.5) is 4.79 Å². The molecule has 0 aliphatic rings. The van der Waals surface area contributed by atoms with Crippen LogP contribution in [0.2, 0.25) is 0 Å². The van der Waals surface area contributed by atoms with Crippen molar-refractivity contribution in [3.63, 3.8) is 0 Å². The molecule has 6 heteroatoms. The van der Waals surface area contributed by atoms with E-state index in [2.05, 4.69) is 26.6 Å². The van der Waals surface area contributed by atoms with E-state index in [1.807, 2.05) is 58.9 Å². The average molecular weight is 399 g/mol. The van der Waals surface area contributed by atoms with Gasteiger partial charge >= 0.3 is 6.09 Å². The molecule has 0 radical (unpaired) electrons. The number of alkyl carbamates (subject to hydrolysis) is 1. The molecule has 2 amide bonds. The number of carbonyl (C=O) groups is 2. The quantitative estimate of drug-likeness (QED) is 0.716. The normalized spacial score (nSPS) is 11.8. The lowest BCUT2D eigenvalue weighted by molar-refractivity contribution is -0.125. The molecule has 0 spiro atoms.